The minimum absolute atomic E-state index is 0.0855. The van der Waals surface area contributed by atoms with Gasteiger partial charge in [0.05, 0.1) is 6.54 Å². The van der Waals surface area contributed by atoms with Crippen molar-refractivity contribution < 1.29 is 4.79 Å². The van der Waals surface area contributed by atoms with E-state index >= 15 is 0 Å². The van der Waals surface area contributed by atoms with Crippen molar-refractivity contribution in [1.29, 1.82) is 0 Å². The Morgan fingerprint density at radius 1 is 1.40 bits per heavy atom. The van der Waals surface area contributed by atoms with E-state index in [1.165, 1.54) is 11.3 Å². The number of carbonyl (C=O) groups is 1. The molecular formula is C15H21N3OS. The molecule has 0 aliphatic carbocycles. The van der Waals surface area contributed by atoms with Crippen molar-refractivity contribution in [2.45, 2.75) is 19.6 Å². The van der Waals surface area contributed by atoms with Gasteiger partial charge in [0, 0.05) is 25.0 Å². The number of para-hydroxylation sites is 1. The van der Waals surface area contributed by atoms with Gasteiger partial charge in [-0.25, -0.2) is 0 Å². The lowest BCUT2D eigenvalue weighted by atomic mass is 10.1. The summed E-state index contributed by atoms with van der Waals surface area (Å²) in [6.45, 7) is 5.80. The van der Waals surface area contributed by atoms with Gasteiger partial charge in [0.15, 0.2) is 5.17 Å². The summed E-state index contributed by atoms with van der Waals surface area (Å²) in [5, 5.41) is 3.74. The van der Waals surface area contributed by atoms with Gasteiger partial charge in [0.25, 0.3) is 5.91 Å². The van der Waals surface area contributed by atoms with Crippen molar-refractivity contribution in [2.24, 2.45) is 10.9 Å². The van der Waals surface area contributed by atoms with Gasteiger partial charge in [0.1, 0.15) is 0 Å². The number of hydrogen-bond acceptors (Lipinski definition) is 4. The molecule has 0 unspecified atom stereocenters. The molecule has 1 aliphatic heterocycles. The van der Waals surface area contributed by atoms with Crippen molar-refractivity contribution in [1.82, 2.24) is 5.32 Å². The molecule has 1 aliphatic rings. The fourth-order valence-electron chi connectivity index (χ4n) is 2.22. The van der Waals surface area contributed by atoms with E-state index in [1.54, 1.807) is 11.8 Å². The molecule has 0 fully saturated rings. The number of anilines is 1. The van der Waals surface area contributed by atoms with Crippen molar-refractivity contribution in [2.75, 3.05) is 25.0 Å². The number of nitrogens with one attached hydrogen (secondary N) is 1. The fraction of sp³-hybridized carbons (Fsp3) is 0.467. The molecule has 20 heavy (non-hydrogen) atoms. The molecule has 1 heterocycles. The zero-order chi connectivity index (χ0) is 14.5. The second-order valence-corrected chi connectivity index (χ2v) is 6.32. The first-order valence-corrected chi connectivity index (χ1v) is 7.82. The van der Waals surface area contributed by atoms with Crippen LogP contribution in [-0.4, -0.2) is 31.2 Å². The number of rotatable bonds is 5. The maximum atomic E-state index is 11.1. The maximum Gasteiger partial charge on any atom is 0.267 e. The van der Waals surface area contributed by atoms with Crippen molar-refractivity contribution >= 4 is 28.5 Å². The highest BCUT2D eigenvalue weighted by Crippen LogP contribution is 2.25. The Labute approximate surface area is 124 Å². The molecule has 1 N–H and O–H groups in total. The first kappa shape index (κ1) is 14.9. The third-order valence-electron chi connectivity index (χ3n) is 3.02. The highest BCUT2D eigenvalue weighted by atomic mass is 32.2. The van der Waals surface area contributed by atoms with Crippen LogP contribution in [0.15, 0.2) is 29.3 Å². The molecule has 0 aromatic heterocycles. The van der Waals surface area contributed by atoms with E-state index in [0.717, 1.165) is 17.5 Å². The molecule has 2 rings (SSSR count). The molecule has 0 spiro atoms. The molecule has 0 radical (unpaired) electrons. The molecule has 0 bridgehead atoms. The van der Waals surface area contributed by atoms with Crippen LogP contribution in [0, 0.1) is 5.92 Å². The van der Waals surface area contributed by atoms with Crippen LogP contribution in [0.4, 0.5) is 5.69 Å². The van der Waals surface area contributed by atoms with Gasteiger partial charge in [-0.1, -0.05) is 43.8 Å². The number of carbonyl (C=O) groups excluding carboxylic acids is 1. The summed E-state index contributed by atoms with van der Waals surface area (Å²) in [7, 11) is 2.12. The number of amides is 1. The second-order valence-electron chi connectivity index (χ2n) is 5.36. The lowest BCUT2D eigenvalue weighted by Gasteiger charge is -2.24. The minimum Gasteiger partial charge on any atom is -0.374 e. The third kappa shape index (κ3) is 4.00. The molecule has 1 amide bonds. The number of nitrogens with zero attached hydrogens (tertiary/aromatic N) is 2. The van der Waals surface area contributed by atoms with E-state index < -0.39 is 0 Å². The van der Waals surface area contributed by atoms with E-state index in [0.29, 0.717) is 12.5 Å². The summed E-state index contributed by atoms with van der Waals surface area (Å²) in [5.74, 6) is 1.36. The van der Waals surface area contributed by atoms with Crippen LogP contribution < -0.4 is 10.2 Å². The van der Waals surface area contributed by atoms with Gasteiger partial charge < -0.3 is 10.2 Å². The average Bonchev–Trinajstić information content (AvgIpc) is 2.82. The van der Waals surface area contributed by atoms with E-state index in [2.05, 4.69) is 60.4 Å². The zero-order valence-corrected chi connectivity index (χ0v) is 13.0. The van der Waals surface area contributed by atoms with Gasteiger partial charge in [-0.3, -0.25) is 4.79 Å². The van der Waals surface area contributed by atoms with Gasteiger partial charge >= 0.3 is 0 Å². The lowest BCUT2D eigenvalue weighted by molar-refractivity contribution is -0.116. The number of amidine groups is 1. The smallest absolute Gasteiger partial charge is 0.267 e. The number of aliphatic imine (C=N–C) groups is 1. The standard InChI is InChI=1S/C15H21N3OS/c1-11(2)9-18(3)13-7-5-4-6-12(13)10-20-15-16-8-14(19)17-15/h4-7,11H,8-10H2,1-3H3,(H,16,17,19). The molecule has 1 aromatic carbocycles. The predicted molar refractivity (Wildman–Crippen MR) is 86.3 cm³/mol. The first-order valence-electron chi connectivity index (χ1n) is 6.83. The van der Waals surface area contributed by atoms with Crippen molar-refractivity contribution in [3.63, 3.8) is 0 Å². The molecule has 0 atom stereocenters. The topological polar surface area (TPSA) is 44.7 Å². The van der Waals surface area contributed by atoms with Crippen LogP contribution in [0.1, 0.15) is 19.4 Å². The third-order valence-corrected chi connectivity index (χ3v) is 3.99. The zero-order valence-electron chi connectivity index (χ0n) is 12.2. The van der Waals surface area contributed by atoms with Crippen LogP contribution in [0.5, 0.6) is 0 Å². The fourth-order valence-corrected chi connectivity index (χ4v) is 3.10. The summed E-state index contributed by atoms with van der Waals surface area (Å²) < 4.78 is 0. The molecular weight excluding hydrogens is 270 g/mol. The van der Waals surface area contributed by atoms with Gasteiger partial charge in [-0.2, -0.15) is 4.99 Å². The van der Waals surface area contributed by atoms with E-state index in [-0.39, 0.29) is 5.91 Å². The molecule has 1 aromatic rings. The Hall–Kier alpha value is -1.49. The molecule has 5 heteroatoms. The largest absolute Gasteiger partial charge is 0.374 e. The molecule has 4 nitrogen and oxygen atoms in total. The van der Waals surface area contributed by atoms with Crippen LogP contribution in [-0.2, 0) is 10.5 Å². The van der Waals surface area contributed by atoms with Crippen LogP contribution in [0.25, 0.3) is 0 Å². The van der Waals surface area contributed by atoms with Crippen LogP contribution in [0.3, 0.4) is 0 Å². The van der Waals surface area contributed by atoms with Crippen LogP contribution >= 0.6 is 11.8 Å². The van der Waals surface area contributed by atoms with Crippen molar-refractivity contribution in [3.05, 3.63) is 29.8 Å². The lowest BCUT2D eigenvalue weighted by Crippen LogP contribution is -2.23. The molecule has 108 valence electrons. The summed E-state index contributed by atoms with van der Waals surface area (Å²) in [4.78, 5) is 17.3. The maximum absolute atomic E-state index is 11.1. The van der Waals surface area contributed by atoms with Gasteiger partial charge in [-0.05, 0) is 17.5 Å². The summed E-state index contributed by atoms with van der Waals surface area (Å²) >= 11 is 1.58. The first-order chi connectivity index (χ1) is 9.56. The van der Waals surface area contributed by atoms with Crippen molar-refractivity contribution in [3.8, 4) is 0 Å². The van der Waals surface area contributed by atoms with E-state index in [9.17, 15) is 4.79 Å². The van der Waals surface area contributed by atoms with Gasteiger partial charge in [-0.15, -0.1) is 0 Å². The number of hydrogen-bond donors (Lipinski definition) is 1. The summed E-state index contributed by atoms with van der Waals surface area (Å²) in [6.07, 6.45) is 0. The average molecular weight is 291 g/mol. The summed E-state index contributed by atoms with van der Waals surface area (Å²) in [6, 6.07) is 8.40. The molecule has 0 saturated carbocycles. The Morgan fingerprint density at radius 2 is 2.15 bits per heavy atom. The summed E-state index contributed by atoms with van der Waals surface area (Å²) in [5.41, 5.74) is 2.52. The van der Waals surface area contributed by atoms with E-state index in [4.69, 9.17) is 0 Å². The van der Waals surface area contributed by atoms with Crippen LogP contribution in [0.2, 0.25) is 0 Å². The van der Waals surface area contributed by atoms with E-state index in [1.807, 2.05) is 0 Å². The Bertz CT molecular complexity index is 514. The highest BCUT2D eigenvalue weighted by Gasteiger charge is 2.14. The second kappa shape index (κ2) is 6.79. The Morgan fingerprint density at radius 3 is 2.80 bits per heavy atom. The Balaban J connectivity index is 2.04. The normalized spacial score (nSPS) is 14.4. The monoisotopic (exact) mass is 291 g/mol. The number of benzene rings is 1. The predicted octanol–water partition coefficient (Wildman–Crippen LogP) is 2.50. The molecule has 0 saturated heterocycles. The highest BCUT2D eigenvalue weighted by molar-refractivity contribution is 8.13. The Kier molecular flexibility index (Phi) is 5.06. The van der Waals surface area contributed by atoms with Gasteiger partial charge in [0.2, 0.25) is 0 Å². The SMILES string of the molecule is CC(C)CN(C)c1ccccc1CSC1=NC(=O)CN1. The number of thioether (sulfide) groups is 1. The quantitative estimate of drug-likeness (QED) is 0.905. The minimum atomic E-state index is -0.0855.